The summed E-state index contributed by atoms with van der Waals surface area (Å²) in [5.74, 6) is -0.173. The third-order valence-corrected chi connectivity index (χ3v) is 8.09. The average Bonchev–Trinajstić information content (AvgIpc) is 2.35. The van der Waals surface area contributed by atoms with Gasteiger partial charge in [-0.2, -0.15) is 0 Å². The topological polar surface area (TPSA) is 106 Å². The molecule has 1 saturated heterocycles. The quantitative estimate of drug-likeness (QED) is 0.674. The maximum atomic E-state index is 12.4. The molecule has 9 heteroatoms. The fourth-order valence-electron chi connectivity index (χ4n) is 2.33. The molecule has 0 aromatic carbocycles. The Kier molecular flexibility index (Phi) is 5.56. The predicted octanol–water partition coefficient (Wildman–Crippen LogP) is 0.328. The molecule has 3 N–H and O–H groups in total. The van der Waals surface area contributed by atoms with Gasteiger partial charge in [0.2, 0.25) is 10.0 Å². The van der Waals surface area contributed by atoms with Crippen LogP contribution in [0.1, 0.15) is 39.5 Å². The van der Waals surface area contributed by atoms with E-state index >= 15 is 0 Å². The Labute approximate surface area is 126 Å². The smallest absolute Gasteiger partial charge is 0.215 e. The van der Waals surface area contributed by atoms with Gasteiger partial charge in [0.05, 0.1) is 27.3 Å². The molecule has 1 rings (SSSR count). The Bertz CT molecular complexity index is 550. The van der Waals surface area contributed by atoms with Gasteiger partial charge < -0.3 is 5.73 Å². The van der Waals surface area contributed by atoms with E-state index in [1.807, 2.05) is 13.8 Å². The van der Waals surface area contributed by atoms with Crippen molar-refractivity contribution >= 4 is 37.1 Å². The summed E-state index contributed by atoms with van der Waals surface area (Å²) in [5.41, 5.74) is 4.76. The standard InChI is InChI=1S/C11H22N2O4S3/c1-3-11(4-2,10(12)18)13-20(16,17)9-5-7-19(14,15)8-6-9/h9,13H,3-8H2,1-2H3,(H2,12,18). The summed E-state index contributed by atoms with van der Waals surface area (Å²) in [6.07, 6.45) is 1.17. The molecule has 0 bridgehead atoms. The highest BCUT2D eigenvalue weighted by molar-refractivity contribution is 7.92. The molecular formula is C11H22N2O4S3. The number of rotatable bonds is 6. The first-order chi connectivity index (χ1) is 9.08. The Balaban J connectivity index is 2.92. The molecule has 1 fully saturated rings. The second kappa shape index (κ2) is 6.25. The van der Waals surface area contributed by atoms with E-state index in [0.717, 1.165) is 0 Å². The summed E-state index contributed by atoms with van der Waals surface area (Å²) in [4.78, 5) is 0.120. The number of nitrogens with two attached hydrogens (primary N) is 1. The molecule has 6 nitrogen and oxygen atoms in total. The monoisotopic (exact) mass is 342 g/mol. The summed E-state index contributed by atoms with van der Waals surface area (Å²) in [7, 11) is -6.73. The van der Waals surface area contributed by atoms with E-state index in [2.05, 4.69) is 4.72 Å². The number of thiocarbonyl (C=S) groups is 1. The lowest BCUT2D eigenvalue weighted by atomic mass is 9.94. The second-order valence-corrected chi connectivity index (χ2v) is 9.86. The van der Waals surface area contributed by atoms with E-state index in [4.69, 9.17) is 18.0 Å². The Morgan fingerprint density at radius 1 is 1.30 bits per heavy atom. The van der Waals surface area contributed by atoms with Crippen molar-refractivity contribution in [1.82, 2.24) is 4.72 Å². The molecule has 1 heterocycles. The molecule has 20 heavy (non-hydrogen) atoms. The molecular weight excluding hydrogens is 320 g/mol. The van der Waals surface area contributed by atoms with E-state index in [0.29, 0.717) is 12.8 Å². The molecule has 1 aliphatic heterocycles. The van der Waals surface area contributed by atoms with Crippen LogP contribution >= 0.6 is 12.2 Å². The summed E-state index contributed by atoms with van der Waals surface area (Å²) in [6.45, 7) is 3.63. The first-order valence-corrected chi connectivity index (χ1v) is 10.4. The van der Waals surface area contributed by atoms with Crippen LogP contribution in [0.5, 0.6) is 0 Å². The van der Waals surface area contributed by atoms with Gasteiger partial charge in [0, 0.05) is 0 Å². The van der Waals surface area contributed by atoms with Crippen molar-refractivity contribution in [2.24, 2.45) is 5.73 Å². The molecule has 118 valence electrons. The van der Waals surface area contributed by atoms with Gasteiger partial charge in [0.1, 0.15) is 9.84 Å². The van der Waals surface area contributed by atoms with Crippen LogP contribution in [0.4, 0.5) is 0 Å². The van der Waals surface area contributed by atoms with Crippen LogP contribution in [-0.2, 0) is 19.9 Å². The number of nitrogens with one attached hydrogen (secondary N) is 1. The zero-order chi connectivity index (χ0) is 15.6. The molecule has 0 unspecified atom stereocenters. The van der Waals surface area contributed by atoms with E-state index in [1.165, 1.54) is 0 Å². The Morgan fingerprint density at radius 2 is 1.75 bits per heavy atom. The first kappa shape index (κ1) is 17.8. The van der Waals surface area contributed by atoms with Crippen LogP contribution in [0.3, 0.4) is 0 Å². The van der Waals surface area contributed by atoms with Crippen molar-refractivity contribution in [2.45, 2.75) is 50.3 Å². The minimum atomic E-state index is -3.64. The molecule has 0 amide bonds. The largest absolute Gasteiger partial charge is 0.392 e. The van der Waals surface area contributed by atoms with E-state index in [-0.39, 0.29) is 29.3 Å². The zero-order valence-electron chi connectivity index (χ0n) is 11.8. The number of sulfonamides is 1. The van der Waals surface area contributed by atoms with Gasteiger partial charge in [-0.1, -0.05) is 26.1 Å². The summed E-state index contributed by atoms with van der Waals surface area (Å²) < 4.78 is 50.2. The molecule has 0 aliphatic carbocycles. The van der Waals surface area contributed by atoms with Crippen molar-refractivity contribution in [3.8, 4) is 0 Å². The van der Waals surface area contributed by atoms with E-state index < -0.39 is 30.6 Å². The van der Waals surface area contributed by atoms with Crippen LogP contribution in [-0.4, -0.2) is 44.1 Å². The zero-order valence-corrected chi connectivity index (χ0v) is 14.2. The minimum Gasteiger partial charge on any atom is -0.392 e. The van der Waals surface area contributed by atoms with Gasteiger partial charge in [0.25, 0.3) is 0 Å². The third kappa shape index (κ3) is 3.90. The molecule has 0 atom stereocenters. The molecule has 0 saturated carbocycles. The molecule has 0 aromatic rings. The van der Waals surface area contributed by atoms with Gasteiger partial charge >= 0.3 is 0 Å². The predicted molar refractivity (Wildman–Crippen MR) is 83.8 cm³/mol. The third-order valence-electron chi connectivity index (χ3n) is 3.96. The minimum absolute atomic E-state index is 0.0864. The number of sulfone groups is 1. The lowest BCUT2D eigenvalue weighted by Crippen LogP contribution is -2.58. The Morgan fingerprint density at radius 3 is 2.10 bits per heavy atom. The van der Waals surface area contributed by atoms with Crippen molar-refractivity contribution in [1.29, 1.82) is 0 Å². The Hall–Kier alpha value is -0.250. The fraction of sp³-hybridized carbons (Fsp3) is 0.909. The van der Waals surface area contributed by atoms with Gasteiger partial charge in [-0.15, -0.1) is 0 Å². The average molecular weight is 343 g/mol. The second-order valence-electron chi connectivity index (χ2n) is 5.15. The molecule has 0 aromatic heterocycles. The van der Waals surface area contributed by atoms with Crippen molar-refractivity contribution in [2.75, 3.05) is 11.5 Å². The van der Waals surface area contributed by atoms with Crippen LogP contribution in [0.15, 0.2) is 0 Å². The van der Waals surface area contributed by atoms with Crippen molar-refractivity contribution < 1.29 is 16.8 Å². The highest BCUT2D eigenvalue weighted by Gasteiger charge is 2.39. The maximum Gasteiger partial charge on any atom is 0.215 e. The SMILES string of the molecule is CCC(CC)(NS(=O)(=O)C1CCS(=O)(=O)CC1)C(N)=S. The first-order valence-electron chi connectivity index (χ1n) is 6.61. The van der Waals surface area contributed by atoms with Crippen molar-refractivity contribution in [3.05, 3.63) is 0 Å². The summed E-state index contributed by atoms with van der Waals surface area (Å²) in [6, 6.07) is 0. The molecule has 0 spiro atoms. The van der Waals surface area contributed by atoms with Crippen molar-refractivity contribution in [3.63, 3.8) is 0 Å². The van der Waals surface area contributed by atoms with Gasteiger partial charge in [-0.25, -0.2) is 21.6 Å². The molecule has 1 aliphatic rings. The van der Waals surface area contributed by atoms with Gasteiger partial charge in [-0.3, -0.25) is 0 Å². The summed E-state index contributed by atoms with van der Waals surface area (Å²) >= 11 is 4.99. The number of hydrogen-bond donors (Lipinski definition) is 2. The van der Waals surface area contributed by atoms with Crippen LogP contribution in [0.2, 0.25) is 0 Å². The van der Waals surface area contributed by atoms with Crippen LogP contribution in [0.25, 0.3) is 0 Å². The van der Waals surface area contributed by atoms with Gasteiger partial charge in [-0.05, 0) is 25.7 Å². The normalized spacial score (nSPS) is 20.7. The van der Waals surface area contributed by atoms with Crippen LogP contribution < -0.4 is 10.5 Å². The molecule has 0 radical (unpaired) electrons. The van der Waals surface area contributed by atoms with Gasteiger partial charge in [0.15, 0.2) is 0 Å². The van der Waals surface area contributed by atoms with E-state index in [9.17, 15) is 16.8 Å². The number of hydrogen-bond acceptors (Lipinski definition) is 5. The summed E-state index contributed by atoms with van der Waals surface area (Å²) in [5, 5.41) is -0.696. The van der Waals surface area contributed by atoms with E-state index in [1.54, 1.807) is 0 Å². The van der Waals surface area contributed by atoms with Crippen LogP contribution in [0, 0.1) is 0 Å². The fourth-order valence-corrected chi connectivity index (χ4v) is 6.49. The lowest BCUT2D eigenvalue weighted by molar-refractivity contribution is 0.457. The lowest BCUT2D eigenvalue weighted by Gasteiger charge is -2.34. The highest BCUT2D eigenvalue weighted by atomic mass is 32.2. The maximum absolute atomic E-state index is 12.4. The highest BCUT2D eigenvalue weighted by Crippen LogP contribution is 2.23.